The highest BCUT2D eigenvalue weighted by Gasteiger charge is 2.31. The van der Waals surface area contributed by atoms with Crippen molar-refractivity contribution in [2.24, 2.45) is 17.8 Å². The summed E-state index contributed by atoms with van der Waals surface area (Å²) < 4.78 is 5.25. The topological polar surface area (TPSA) is 159 Å². The molecule has 0 aliphatic heterocycles. The number of nitrogens with zero attached hydrogens (tertiary/aromatic N) is 1. The van der Waals surface area contributed by atoms with Crippen LogP contribution >= 0.6 is 0 Å². The molecule has 4 amide bonds. The van der Waals surface area contributed by atoms with Crippen LogP contribution in [0.3, 0.4) is 0 Å². The first-order valence-corrected chi connectivity index (χ1v) is 16.3. The minimum absolute atomic E-state index is 0.0332. The van der Waals surface area contributed by atoms with Gasteiger partial charge in [0.1, 0.15) is 18.7 Å². The van der Waals surface area contributed by atoms with Gasteiger partial charge in [0.25, 0.3) is 0 Å². The lowest BCUT2D eigenvalue weighted by atomic mass is 9.91. The molecule has 11 nitrogen and oxygen atoms in total. The largest absolute Gasteiger partial charge is 0.443 e. The van der Waals surface area contributed by atoms with Crippen molar-refractivity contribution in [3.05, 3.63) is 66.0 Å². The Morgan fingerprint density at radius 3 is 2.07 bits per heavy atom. The first-order chi connectivity index (χ1) is 21.9. The van der Waals surface area contributed by atoms with E-state index in [2.05, 4.69) is 26.3 Å². The Morgan fingerprint density at radius 2 is 1.46 bits per heavy atom. The molecule has 254 valence electrons. The molecule has 2 aromatic rings. The summed E-state index contributed by atoms with van der Waals surface area (Å²) in [6.45, 7) is 11.8. The highest BCUT2D eigenvalue weighted by molar-refractivity contribution is 5.88. The summed E-state index contributed by atoms with van der Waals surface area (Å²) in [6, 6.07) is 12.6. The van der Waals surface area contributed by atoms with Crippen molar-refractivity contribution in [1.29, 1.82) is 0 Å². The molecule has 0 saturated carbocycles. The Morgan fingerprint density at radius 1 is 0.783 bits per heavy atom. The lowest BCUT2D eigenvalue weighted by molar-refractivity contribution is -0.132. The van der Waals surface area contributed by atoms with Crippen molar-refractivity contribution in [2.45, 2.75) is 111 Å². The number of aromatic nitrogens is 1. The summed E-state index contributed by atoms with van der Waals surface area (Å²) in [7, 11) is 0. The maximum atomic E-state index is 13.3. The van der Waals surface area contributed by atoms with Gasteiger partial charge in [0, 0.05) is 18.7 Å². The normalized spacial score (nSPS) is 14.5. The molecule has 46 heavy (non-hydrogen) atoms. The van der Waals surface area contributed by atoms with E-state index in [1.807, 2.05) is 65.0 Å². The first-order valence-electron chi connectivity index (χ1n) is 16.3. The zero-order valence-corrected chi connectivity index (χ0v) is 28.1. The Bertz CT molecular complexity index is 1210. The first kappa shape index (κ1) is 38.2. The second-order valence-electron chi connectivity index (χ2n) is 12.7. The van der Waals surface area contributed by atoms with Gasteiger partial charge >= 0.3 is 6.09 Å². The van der Waals surface area contributed by atoms with Gasteiger partial charge in [-0.3, -0.25) is 19.4 Å². The molecule has 0 bridgehead atoms. The molecule has 0 radical (unpaired) electrons. The quantitative estimate of drug-likeness (QED) is 0.154. The fourth-order valence-corrected chi connectivity index (χ4v) is 5.03. The van der Waals surface area contributed by atoms with Gasteiger partial charge < -0.3 is 31.1 Å². The van der Waals surface area contributed by atoms with Gasteiger partial charge in [-0.15, -0.1) is 0 Å². The molecule has 0 aliphatic rings. The van der Waals surface area contributed by atoms with Crippen molar-refractivity contribution < 1.29 is 29.0 Å². The Labute approximate surface area is 273 Å². The maximum absolute atomic E-state index is 13.3. The minimum Gasteiger partial charge on any atom is -0.443 e. The molecule has 1 aromatic heterocycles. The van der Waals surface area contributed by atoms with E-state index in [4.69, 9.17) is 4.74 Å². The van der Waals surface area contributed by atoms with Crippen molar-refractivity contribution in [1.82, 2.24) is 26.3 Å². The van der Waals surface area contributed by atoms with Crippen LogP contribution in [-0.4, -0.2) is 58.1 Å². The molecule has 2 rings (SSSR count). The van der Waals surface area contributed by atoms with Gasteiger partial charge in [0.05, 0.1) is 17.8 Å². The van der Waals surface area contributed by atoms with Gasteiger partial charge in [-0.1, -0.05) is 84.4 Å². The number of hydrogen-bond acceptors (Lipinski definition) is 7. The van der Waals surface area contributed by atoms with E-state index >= 15 is 0 Å². The van der Waals surface area contributed by atoms with Crippen LogP contribution in [0.5, 0.6) is 0 Å². The number of aliphatic hydroxyl groups is 1. The van der Waals surface area contributed by atoms with E-state index in [-0.39, 0.29) is 36.7 Å². The number of aliphatic hydroxyl groups excluding tert-OH is 1. The SMILES string of the molecule is CCC[C@H](NC(=O)OCc1ccccn1)C(=O)N[C@@H](CC(C)C)C(O)C[C@@H](C)C(=O)N[C@@H](CC(C)C)C(=O)NCc1ccccc1. The van der Waals surface area contributed by atoms with Gasteiger partial charge in [-0.25, -0.2) is 4.79 Å². The third-order valence-electron chi connectivity index (χ3n) is 7.47. The second-order valence-corrected chi connectivity index (χ2v) is 12.7. The number of hydrogen-bond donors (Lipinski definition) is 5. The van der Waals surface area contributed by atoms with E-state index in [0.29, 0.717) is 37.9 Å². The van der Waals surface area contributed by atoms with Crippen molar-refractivity contribution in [3.63, 3.8) is 0 Å². The van der Waals surface area contributed by atoms with Crippen molar-refractivity contribution in [3.8, 4) is 0 Å². The van der Waals surface area contributed by atoms with E-state index in [1.54, 1.807) is 31.3 Å². The Kier molecular flexibility index (Phi) is 16.8. The van der Waals surface area contributed by atoms with Crippen LogP contribution in [-0.2, 0) is 32.3 Å². The van der Waals surface area contributed by atoms with E-state index < -0.39 is 42.1 Å². The van der Waals surface area contributed by atoms with Gasteiger partial charge in [0.15, 0.2) is 0 Å². The van der Waals surface area contributed by atoms with E-state index in [0.717, 1.165) is 5.56 Å². The summed E-state index contributed by atoms with van der Waals surface area (Å²) in [6.07, 6.45) is 1.81. The van der Waals surface area contributed by atoms with Gasteiger partial charge in [0.2, 0.25) is 17.7 Å². The number of ether oxygens (including phenoxy) is 1. The highest BCUT2D eigenvalue weighted by atomic mass is 16.5. The monoisotopic (exact) mass is 639 g/mol. The molecule has 0 saturated heterocycles. The molecule has 0 spiro atoms. The summed E-state index contributed by atoms with van der Waals surface area (Å²) >= 11 is 0. The third-order valence-corrected chi connectivity index (χ3v) is 7.47. The average Bonchev–Trinajstić information content (AvgIpc) is 3.02. The van der Waals surface area contributed by atoms with Crippen LogP contribution in [0.4, 0.5) is 4.79 Å². The molecule has 1 aromatic carbocycles. The Balaban J connectivity index is 2.00. The lowest BCUT2D eigenvalue weighted by Gasteiger charge is -2.30. The summed E-state index contributed by atoms with van der Waals surface area (Å²) in [5.41, 5.74) is 1.54. The molecule has 11 heteroatoms. The summed E-state index contributed by atoms with van der Waals surface area (Å²) in [5.74, 6) is -1.40. The summed E-state index contributed by atoms with van der Waals surface area (Å²) in [4.78, 5) is 56.2. The van der Waals surface area contributed by atoms with Crippen LogP contribution in [0, 0.1) is 17.8 Å². The molecule has 1 unspecified atom stereocenters. The van der Waals surface area contributed by atoms with E-state index in [9.17, 15) is 24.3 Å². The standard InChI is InChI=1S/C35H53N5O6/c1-7-13-28(40-35(45)46-22-27-16-11-12-17-36-27)34(44)38-29(18-23(2)3)31(41)20-25(6)32(42)39-30(19-24(4)5)33(43)37-21-26-14-9-8-10-15-26/h8-12,14-17,23-25,28-31,41H,7,13,18-22H2,1-6H3,(H,37,43)(H,38,44)(H,39,42)(H,40,45)/t25-,28+,29+,30+,31?/m1/s1. The van der Waals surface area contributed by atoms with Crippen molar-refractivity contribution in [2.75, 3.05) is 0 Å². The number of rotatable bonds is 19. The predicted octanol–water partition coefficient (Wildman–Crippen LogP) is 4.24. The fourth-order valence-electron chi connectivity index (χ4n) is 5.03. The van der Waals surface area contributed by atoms with Crippen LogP contribution in [0.2, 0.25) is 0 Å². The van der Waals surface area contributed by atoms with Gasteiger partial charge in [-0.05, 0) is 55.2 Å². The molecular weight excluding hydrogens is 586 g/mol. The fraction of sp³-hybridized carbons (Fsp3) is 0.571. The zero-order valence-electron chi connectivity index (χ0n) is 28.1. The number of alkyl carbamates (subject to hydrolysis) is 1. The zero-order chi connectivity index (χ0) is 34.1. The van der Waals surface area contributed by atoms with Crippen LogP contribution < -0.4 is 21.3 Å². The van der Waals surface area contributed by atoms with Crippen LogP contribution in [0.1, 0.15) is 84.9 Å². The molecular formula is C35H53N5O6. The smallest absolute Gasteiger partial charge is 0.408 e. The Hall–Kier alpha value is -3.99. The molecule has 5 N–H and O–H groups in total. The number of carbonyl (C=O) groups excluding carboxylic acids is 4. The molecule has 0 fully saturated rings. The molecule has 1 heterocycles. The van der Waals surface area contributed by atoms with E-state index in [1.165, 1.54) is 0 Å². The highest BCUT2D eigenvalue weighted by Crippen LogP contribution is 2.17. The number of amides is 4. The second kappa shape index (κ2) is 20.2. The maximum Gasteiger partial charge on any atom is 0.408 e. The number of carbonyl (C=O) groups is 4. The number of nitrogens with one attached hydrogen (secondary N) is 4. The van der Waals surface area contributed by atoms with Crippen molar-refractivity contribution >= 4 is 23.8 Å². The minimum atomic E-state index is -1.04. The average molecular weight is 640 g/mol. The third kappa shape index (κ3) is 14.4. The van der Waals surface area contributed by atoms with Crippen LogP contribution in [0.25, 0.3) is 0 Å². The number of benzene rings is 1. The summed E-state index contributed by atoms with van der Waals surface area (Å²) in [5, 5.41) is 22.6. The number of pyridine rings is 1. The molecule has 0 aliphatic carbocycles. The lowest BCUT2D eigenvalue weighted by Crippen LogP contribution is -2.53. The predicted molar refractivity (Wildman–Crippen MR) is 177 cm³/mol. The van der Waals surface area contributed by atoms with Crippen LogP contribution in [0.15, 0.2) is 54.7 Å². The molecule has 5 atom stereocenters. The van der Waals surface area contributed by atoms with Gasteiger partial charge in [-0.2, -0.15) is 0 Å².